The van der Waals surface area contributed by atoms with Crippen LogP contribution in [0.3, 0.4) is 0 Å². The number of hydrogen-bond donors (Lipinski definition) is 2. The van der Waals surface area contributed by atoms with E-state index < -0.39 is 11.7 Å². The van der Waals surface area contributed by atoms with Crippen LogP contribution in [-0.4, -0.2) is 62.5 Å². The maximum atomic E-state index is 12.6. The van der Waals surface area contributed by atoms with Crippen LogP contribution in [0.1, 0.15) is 19.4 Å². The molecule has 2 N–H and O–H groups in total. The highest BCUT2D eigenvalue weighted by Crippen LogP contribution is 2.31. The molecule has 1 aliphatic heterocycles. The number of rotatable bonds is 7. The molecule has 0 saturated carbocycles. The van der Waals surface area contributed by atoms with Gasteiger partial charge < -0.3 is 20.1 Å². The second-order valence-electron chi connectivity index (χ2n) is 6.90. The normalized spacial score (nSPS) is 16.0. The van der Waals surface area contributed by atoms with E-state index >= 15 is 0 Å². The highest BCUT2D eigenvalue weighted by Gasteiger charge is 2.30. The van der Waals surface area contributed by atoms with Crippen molar-refractivity contribution < 1.29 is 27.4 Å². The molecule has 2 rings (SSSR count). The lowest BCUT2D eigenvalue weighted by Crippen LogP contribution is -2.56. The fraction of sp³-hybridized carbons (Fsp3) is 0.611. The average Bonchev–Trinajstić information content (AvgIpc) is 2.64. The van der Waals surface area contributed by atoms with Crippen molar-refractivity contribution in [3.63, 3.8) is 0 Å². The lowest BCUT2D eigenvalue weighted by atomic mass is 10.0. The number of morpholine rings is 1. The van der Waals surface area contributed by atoms with Crippen molar-refractivity contribution in [2.24, 2.45) is 0 Å². The minimum absolute atomic E-state index is 0.0710. The van der Waals surface area contributed by atoms with Crippen LogP contribution < -0.4 is 15.4 Å². The van der Waals surface area contributed by atoms with Gasteiger partial charge >= 0.3 is 12.2 Å². The molecule has 0 aromatic heterocycles. The number of carbonyl (C=O) groups is 1. The first-order chi connectivity index (χ1) is 12.7. The third-order valence-electron chi connectivity index (χ3n) is 4.37. The number of benzene rings is 1. The summed E-state index contributed by atoms with van der Waals surface area (Å²) in [4.78, 5) is 14.2. The first-order valence-electron chi connectivity index (χ1n) is 8.83. The van der Waals surface area contributed by atoms with Crippen molar-refractivity contribution in [2.75, 3.05) is 46.0 Å². The SMILES string of the molecule is CC(C)(CNC(=O)NCCOc1cccc(C(F)(F)F)c1)N1CCOCC1. The van der Waals surface area contributed by atoms with E-state index in [4.69, 9.17) is 9.47 Å². The molecular weight excluding hydrogens is 363 g/mol. The van der Waals surface area contributed by atoms with Crippen LogP contribution in [0.2, 0.25) is 0 Å². The number of nitrogens with zero attached hydrogens (tertiary/aromatic N) is 1. The van der Waals surface area contributed by atoms with E-state index in [2.05, 4.69) is 29.4 Å². The highest BCUT2D eigenvalue weighted by molar-refractivity contribution is 5.73. The van der Waals surface area contributed by atoms with Gasteiger partial charge in [-0.05, 0) is 32.0 Å². The summed E-state index contributed by atoms with van der Waals surface area (Å²) in [6, 6.07) is 4.30. The number of alkyl halides is 3. The van der Waals surface area contributed by atoms with Gasteiger partial charge in [0.2, 0.25) is 0 Å². The molecule has 2 amide bonds. The van der Waals surface area contributed by atoms with Crippen LogP contribution in [0.5, 0.6) is 5.75 Å². The van der Waals surface area contributed by atoms with Gasteiger partial charge in [-0.1, -0.05) is 6.07 Å². The first kappa shape index (κ1) is 21.3. The number of carbonyl (C=O) groups excluding carboxylic acids is 1. The van der Waals surface area contributed by atoms with Crippen molar-refractivity contribution in [3.05, 3.63) is 29.8 Å². The number of amides is 2. The van der Waals surface area contributed by atoms with Crippen LogP contribution in [0.4, 0.5) is 18.0 Å². The summed E-state index contributed by atoms with van der Waals surface area (Å²) in [5, 5.41) is 5.44. The molecule has 1 saturated heterocycles. The first-order valence-corrected chi connectivity index (χ1v) is 8.83. The molecule has 0 atom stereocenters. The quantitative estimate of drug-likeness (QED) is 0.704. The smallest absolute Gasteiger partial charge is 0.416 e. The molecular formula is C18H26F3N3O3. The zero-order valence-electron chi connectivity index (χ0n) is 15.6. The molecule has 9 heteroatoms. The Labute approximate surface area is 157 Å². The molecule has 0 unspecified atom stereocenters. The van der Waals surface area contributed by atoms with Gasteiger partial charge in [-0.25, -0.2) is 4.79 Å². The summed E-state index contributed by atoms with van der Waals surface area (Å²) in [6.45, 7) is 7.83. The fourth-order valence-electron chi connectivity index (χ4n) is 2.74. The predicted octanol–water partition coefficient (Wildman–Crippen LogP) is 2.49. The zero-order chi connectivity index (χ0) is 19.9. The van der Waals surface area contributed by atoms with E-state index in [0.717, 1.165) is 25.2 Å². The molecule has 1 aromatic rings. The van der Waals surface area contributed by atoms with Crippen molar-refractivity contribution >= 4 is 6.03 Å². The van der Waals surface area contributed by atoms with Gasteiger partial charge in [-0.3, -0.25) is 4.90 Å². The maximum absolute atomic E-state index is 12.6. The Bertz CT molecular complexity index is 617. The molecule has 0 bridgehead atoms. The lowest BCUT2D eigenvalue weighted by Gasteiger charge is -2.40. The van der Waals surface area contributed by atoms with Gasteiger partial charge in [0.25, 0.3) is 0 Å². The Morgan fingerprint density at radius 2 is 1.93 bits per heavy atom. The molecule has 0 spiro atoms. The molecule has 0 radical (unpaired) electrons. The monoisotopic (exact) mass is 389 g/mol. The predicted molar refractivity (Wildman–Crippen MR) is 94.8 cm³/mol. The van der Waals surface area contributed by atoms with Crippen LogP contribution in [-0.2, 0) is 10.9 Å². The Morgan fingerprint density at radius 1 is 1.22 bits per heavy atom. The Morgan fingerprint density at radius 3 is 2.59 bits per heavy atom. The third-order valence-corrected chi connectivity index (χ3v) is 4.37. The van der Waals surface area contributed by atoms with E-state index in [-0.39, 0.29) is 30.5 Å². The van der Waals surface area contributed by atoms with E-state index in [1.165, 1.54) is 12.1 Å². The number of halogens is 3. The molecule has 1 heterocycles. The van der Waals surface area contributed by atoms with Crippen molar-refractivity contribution in [3.8, 4) is 5.75 Å². The highest BCUT2D eigenvalue weighted by atomic mass is 19.4. The Kier molecular flexibility index (Phi) is 7.32. The summed E-state index contributed by atoms with van der Waals surface area (Å²) in [6.07, 6.45) is -4.41. The van der Waals surface area contributed by atoms with Gasteiger partial charge in [0, 0.05) is 25.2 Å². The van der Waals surface area contributed by atoms with Gasteiger partial charge in [0.1, 0.15) is 12.4 Å². The molecule has 152 valence electrons. The average molecular weight is 389 g/mol. The summed E-state index contributed by atoms with van der Waals surface area (Å²) in [7, 11) is 0. The van der Waals surface area contributed by atoms with Crippen LogP contribution >= 0.6 is 0 Å². The zero-order valence-corrected chi connectivity index (χ0v) is 15.6. The van der Waals surface area contributed by atoms with Crippen molar-refractivity contribution in [2.45, 2.75) is 25.6 Å². The van der Waals surface area contributed by atoms with Crippen LogP contribution in [0, 0.1) is 0 Å². The standard InChI is InChI=1S/C18H26F3N3O3/c1-17(2,24-7-10-26-11-8-24)13-23-16(25)22-6-9-27-15-5-3-4-14(12-15)18(19,20)21/h3-5,12H,6-11,13H2,1-2H3,(H2,22,23,25). The topological polar surface area (TPSA) is 62.8 Å². The van der Waals surface area contributed by atoms with Crippen molar-refractivity contribution in [1.82, 2.24) is 15.5 Å². The van der Waals surface area contributed by atoms with E-state index in [1.54, 1.807) is 0 Å². The number of urea groups is 1. The largest absolute Gasteiger partial charge is 0.492 e. The van der Waals surface area contributed by atoms with Gasteiger partial charge in [0.15, 0.2) is 0 Å². The van der Waals surface area contributed by atoms with Crippen molar-refractivity contribution in [1.29, 1.82) is 0 Å². The van der Waals surface area contributed by atoms with Gasteiger partial charge in [0.05, 0.1) is 25.3 Å². The Hall–Kier alpha value is -2.00. The van der Waals surface area contributed by atoms with Gasteiger partial charge in [-0.15, -0.1) is 0 Å². The minimum atomic E-state index is -4.41. The molecule has 1 fully saturated rings. The summed E-state index contributed by atoms with van der Waals surface area (Å²) >= 11 is 0. The van der Waals surface area contributed by atoms with Crippen LogP contribution in [0.25, 0.3) is 0 Å². The second kappa shape index (κ2) is 9.27. The number of hydrogen-bond acceptors (Lipinski definition) is 4. The van der Waals surface area contributed by atoms with E-state index in [0.29, 0.717) is 19.8 Å². The van der Waals surface area contributed by atoms with Gasteiger partial charge in [-0.2, -0.15) is 13.2 Å². The fourth-order valence-corrected chi connectivity index (χ4v) is 2.74. The second-order valence-corrected chi connectivity index (χ2v) is 6.90. The molecule has 1 aromatic carbocycles. The van der Waals surface area contributed by atoms with E-state index in [1.807, 2.05) is 0 Å². The Balaban J connectivity index is 1.67. The summed E-state index contributed by atoms with van der Waals surface area (Å²) in [5.41, 5.74) is -0.966. The molecule has 6 nitrogen and oxygen atoms in total. The maximum Gasteiger partial charge on any atom is 0.416 e. The summed E-state index contributed by atoms with van der Waals surface area (Å²) in [5.74, 6) is 0.112. The molecule has 0 aliphatic carbocycles. The third kappa shape index (κ3) is 6.91. The molecule has 27 heavy (non-hydrogen) atoms. The van der Waals surface area contributed by atoms with E-state index in [9.17, 15) is 18.0 Å². The van der Waals surface area contributed by atoms with Crippen LogP contribution in [0.15, 0.2) is 24.3 Å². The lowest BCUT2D eigenvalue weighted by molar-refractivity contribution is -0.137. The minimum Gasteiger partial charge on any atom is -0.492 e. The summed E-state index contributed by atoms with van der Waals surface area (Å²) < 4.78 is 48.5. The number of ether oxygens (including phenoxy) is 2. The number of nitrogens with one attached hydrogen (secondary N) is 2. The molecule has 1 aliphatic rings.